The fraction of sp³-hybridized carbons (Fsp3) is 0.417. The molecule has 0 aliphatic heterocycles. The minimum atomic E-state index is -0.0986. The SMILES string of the molecule is CN=NN(C)c1n[nH]c(Cc2nnc(-n3nc(-[n+]4nnn(-c5n[nH]c(Cc6nnc(-n7nc(C(C)=NC)nc7N)nn6)n5)n4)nc3N)nn2)n1.CN=NN(C)c1n[nH]c(Cc2nnc(-n3nc(C(C)=NC)nc3N)nn2)n1.CN=NN(C)c1nc(N)n(-c2nnc(Cc3nc(-n4nnc(CCCCC(C)=NC)n4)n[nH]3)nn2)n1. The smallest absolute Gasteiger partial charge is 0.368 e. The van der Waals surface area contributed by atoms with Crippen LogP contribution < -0.4 is 42.8 Å². The summed E-state index contributed by atoms with van der Waals surface area (Å²) in [6.07, 6.45) is 4.32. The average Bonchev–Trinajstić information content (AvgIpc) is 1.67. The molecule has 0 aromatic carbocycles. The number of aryl methyl sites for hydroxylation is 1. The predicted octanol–water partition coefficient (Wildman–Crippen LogP) is -6.92. The molecule has 14 aromatic rings. The van der Waals surface area contributed by atoms with E-state index in [1.807, 2.05) is 6.92 Å². The number of anilines is 7. The summed E-state index contributed by atoms with van der Waals surface area (Å²) in [7, 11) is 14.6. The van der Waals surface area contributed by atoms with Crippen LogP contribution in [0.3, 0.4) is 0 Å². The van der Waals surface area contributed by atoms with Crippen LogP contribution in [-0.4, -0.2) is 323 Å². The van der Waals surface area contributed by atoms with Crippen molar-refractivity contribution < 1.29 is 4.80 Å². The molecule has 0 atom stereocenters. The van der Waals surface area contributed by atoms with Gasteiger partial charge in [0.2, 0.25) is 17.8 Å². The number of nitrogen functional groups attached to an aromatic ring is 4. The van der Waals surface area contributed by atoms with E-state index in [2.05, 4.69) is 260 Å². The van der Waals surface area contributed by atoms with Gasteiger partial charge in [0, 0.05) is 64.0 Å². The van der Waals surface area contributed by atoms with Crippen LogP contribution in [0.2, 0.25) is 0 Å². The van der Waals surface area contributed by atoms with Crippen LogP contribution in [0, 0.1) is 0 Å². The number of aromatic amines is 4. The number of H-pyrrole nitrogens is 4. The molecule has 65 nitrogen and oxygen atoms in total. The summed E-state index contributed by atoms with van der Waals surface area (Å²) in [4.78, 5) is 49.2. The molecule has 0 aliphatic carbocycles. The van der Waals surface area contributed by atoms with Crippen molar-refractivity contribution >= 4 is 58.8 Å². The predicted molar refractivity (Wildman–Crippen MR) is 375 cm³/mol. The van der Waals surface area contributed by atoms with Gasteiger partial charge >= 0.3 is 11.9 Å². The number of nitrogens with one attached hydrogen (secondary N) is 4. The van der Waals surface area contributed by atoms with E-state index in [-0.39, 0.29) is 109 Å². The standard InChI is InChI=1S/C19H22N31.C17H25N19.C12H17N15/c1-7(22-2)12-26-13(20)47(40-12)18-36-30-11(31-37-18)6-9-25-16(35-29-9)49-43-44-50(45-49)17-27-14(21)48(41-17)19-38-32-10(33-39-19)5-8-24-15(34-28-8)46(4)42-23-3;1-10(19-2)7-5-6-8-11-26-33-36(30-11)15-21-12(23-27-15)9-13-24-28-17(29-25-13)35-14(18)22-16(31-35)34(4)32-20-3;1-6(14-2)9-17-10(13)27(24-9)12-22-19-8(20-23-12)5-7-16-11(21-18-7)26(4)25-15-3/h5-6H2,1-4H3,(H2,20,26,40)(H2,21,27,41)(H,24,28,34)(H,25,29,35);5-9H2,1-4H3,(H2,18,22,31)(H,21,23,27);5H2,1-4H3,(H2,13,17,24)(H,16,18,21)/q+1;;. The van der Waals surface area contributed by atoms with Gasteiger partial charge < -0.3 is 22.9 Å². The molecule has 12 N–H and O–H groups in total. The van der Waals surface area contributed by atoms with Gasteiger partial charge in [-0.2, -0.15) is 64.3 Å². The van der Waals surface area contributed by atoms with Crippen LogP contribution in [0.5, 0.6) is 0 Å². The molecule has 0 radical (unpaired) electrons. The second-order valence-corrected chi connectivity index (χ2v) is 22.3. The van der Waals surface area contributed by atoms with E-state index < -0.39 is 0 Å². The summed E-state index contributed by atoms with van der Waals surface area (Å²) < 4.78 is 4.73. The Morgan fingerprint density at radius 1 is 0.381 bits per heavy atom. The zero-order valence-corrected chi connectivity index (χ0v) is 61.5. The summed E-state index contributed by atoms with van der Waals surface area (Å²) in [5.74, 6) is 5.60. The Morgan fingerprint density at radius 3 is 1.22 bits per heavy atom. The molecule has 0 unspecified atom stereocenters. The fourth-order valence-corrected chi connectivity index (χ4v) is 8.79. The Bertz CT molecular complexity index is 5640. The highest BCUT2D eigenvalue weighted by Crippen LogP contribution is 2.16. The second kappa shape index (κ2) is 34.7. The lowest BCUT2D eigenvalue weighted by Gasteiger charge is -2.03. The molecular weight excluding hydrogens is 1490 g/mol. The minimum Gasteiger partial charge on any atom is -0.368 e. The number of aromatic nitrogens is 49. The largest absolute Gasteiger partial charge is 0.421 e. The van der Waals surface area contributed by atoms with Crippen LogP contribution in [0.15, 0.2) is 46.0 Å². The number of tetrazole rings is 1. The fourth-order valence-electron chi connectivity index (χ4n) is 8.79. The molecule has 14 rings (SSSR count). The Labute approximate surface area is 629 Å². The van der Waals surface area contributed by atoms with Crippen LogP contribution in [0.1, 0.15) is 104 Å². The summed E-state index contributed by atoms with van der Waals surface area (Å²) in [5.41, 5.74) is 26.0. The monoisotopic (exact) mass is 1550 g/mol. The van der Waals surface area contributed by atoms with Gasteiger partial charge in [0.05, 0.1) is 68.7 Å². The third-order valence-corrected chi connectivity index (χ3v) is 14.5. The lowest BCUT2D eigenvalue weighted by Crippen LogP contribution is -2.38. The van der Waals surface area contributed by atoms with Crippen molar-refractivity contribution in [1.29, 1.82) is 0 Å². The third-order valence-electron chi connectivity index (χ3n) is 14.5. The van der Waals surface area contributed by atoms with E-state index in [1.165, 1.54) is 48.0 Å². The zero-order valence-electron chi connectivity index (χ0n) is 61.5. The van der Waals surface area contributed by atoms with Crippen molar-refractivity contribution in [3.63, 3.8) is 0 Å². The highest BCUT2D eigenvalue weighted by molar-refractivity contribution is 5.95. The summed E-state index contributed by atoms with van der Waals surface area (Å²) in [5, 5.41) is 160. The molecule has 65 heteroatoms. The molecule has 0 saturated heterocycles. The maximum atomic E-state index is 6.03. The molecule has 113 heavy (non-hydrogen) atoms. The lowest BCUT2D eigenvalue weighted by atomic mass is 10.1. The topological polar surface area (TPSA) is 811 Å². The zero-order chi connectivity index (χ0) is 79.7. The lowest BCUT2D eigenvalue weighted by molar-refractivity contribution is -0.726. The molecular formula is C48H64N65+. The number of hydrogen-bond acceptors (Lipinski definition) is 51. The van der Waals surface area contributed by atoms with Crippen molar-refractivity contribution in [2.75, 3.05) is 101 Å². The van der Waals surface area contributed by atoms with Crippen molar-refractivity contribution in [3.05, 3.63) is 64.1 Å². The van der Waals surface area contributed by atoms with Gasteiger partial charge in [0.25, 0.3) is 53.5 Å². The number of hydrogen-bond donors (Lipinski definition) is 8. The van der Waals surface area contributed by atoms with Crippen LogP contribution in [0.4, 0.5) is 41.6 Å². The number of unbranched alkanes of at least 4 members (excludes halogenated alkanes) is 1. The van der Waals surface area contributed by atoms with Gasteiger partial charge in [-0.05, 0) is 50.3 Å². The van der Waals surface area contributed by atoms with E-state index in [0.717, 1.165) is 39.2 Å². The first-order valence-electron chi connectivity index (χ1n) is 32.5. The van der Waals surface area contributed by atoms with Crippen molar-refractivity contribution in [3.8, 4) is 41.6 Å². The summed E-state index contributed by atoms with van der Waals surface area (Å²) >= 11 is 0. The molecule has 0 spiro atoms. The molecule has 0 fully saturated rings. The first-order chi connectivity index (χ1) is 54.7. The Balaban J connectivity index is 0.000000165. The van der Waals surface area contributed by atoms with E-state index in [0.29, 0.717) is 82.2 Å². The van der Waals surface area contributed by atoms with Crippen LogP contribution in [-0.2, 0) is 32.1 Å². The molecule has 0 amide bonds. The first-order valence-corrected chi connectivity index (χ1v) is 32.5. The molecule has 14 heterocycles. The molecule has 0 aliphatic rings. The highest BCUT2D eigenvalue weighted by atomic mass is 15.8. The normalized spacial score (nSPS) is 12.0. The van der Waals surface area contributed by atoms with Crippen molar-refractivity contribution in [2.45, 2.75) is 72.1 Å². The highest BCUT2D eigenvalue weighted by Gasteiger charge is 2.27. The number of nitrogens with zero attached hydrogens (tertiary/aromatic N) is 57. The molecule has 0 bridgehead atoms. The Morgan fingerprint density at radius 2 is 0.779 bits per heavy atom. The first kappa shape index (κ1) is 76.0. The quantitative estimate of drug-likeness (QED) is 0.00743. The maximum absolute atomic E-state index is 6.03. The van der Waals surface area contributed by atoms with Crippen molar-refractivity contribution in [2.24, 2.45) is 46.0 Å². The van der Waals surface area contributed by atoms with E-state index >= 15 is 0 Å². The van der Waals surface area contributed by atoms with Gasteiger partial charge in [-0.1, -0.05) is 25.5 Å². The molecule has 580 valence electrons. The third kappa shape index (κ3) is 18.6. The number of aliphatic imine (C=N–C) groups is 3. The number of rotatable bonds is 28. The second-order valence-electron chi connectivity index (χ2n) is 22.3. The minimum absolute atomic E-state index is 0.0262. The summed E-state index contributed by atoms with van der Waals surface area (Å²) in [6.45, 7) is 5.53. The van der Waals surface area contributed by atoms with E-state index in [4.69, 9.17) is 22.9 Å². The average molecular weight is 1550 g/mol. The van der Waals surface area contributed by atoms with E-state index in [1.54, 1.807) is 63.2 Å². The Kier molecular flexibility index (Phi) is 23.4. The van der Waals surface area contributed by atoms with Gasteiger partial charge in [-0.25, -0.2) is 15.0 Å². The van der Waals surface area contributed by atoms with Gasteiger partial charge in [0.1, 0.15) is 28.5 Å². The molecule has 0 saturated carbocycles. The number of nitrogens with two attached hydrogens (primary N) is 4. The van der Waals surface area contributed by atoms with Crippen molar-refractivity contribution in [1.82, 2.24) is 242 Å². The van der Waals surface area contributed by atoms with Crippen LogP contribution in [0.25, 0.3) is 41.6 Å². The van der Waals surface area contributed by atoms with Gasteiger partial charge in [0.15, 0.2) is 40.8 Å². The summed E-state index contributed by atoms with van der Waals surface area (Å²) in [6, 6.07) is 0. The Hall–Kier alpha value is -16.6. The van der Waals surface area contributed by atoms with Gasteiger partial charge in [-0.15, -0.1) is 132 Å². The van der Waals surface area contributed by atoms with E-state index in [9.17, 15) is 0 Å². The molecule has 14 aromatic heterocycles. The van der Waals surface area contributed by atoms with Crippen LogP contribution >= 0.6 is 0 Å². The van der Waals surface area contributed by atoms with Gasteiger partial charge in [-0.3, -0.25) is 35.4 Å². The maximum Gasteiger partial charge on any atom is 0.421 e.